The van der Waals surface area contributed by atoms with E-state index in [-0.39, 0.29) is 6.03 Å². The highest BCUT2D eigenvalue weighted by atomic mass is 16.2. The lowest BCUT2D eigenvalue weighted by atomic mass is 9.85. The van der Waals surface area contributed by atoms with Gasteiger partial charge in [-0.25, -0.2) is 4.79 Å². The summed E-state index contributed by atoms with van der Waals surface area (Å²) in [7, 11) is 0. The Hall–Kier alpha value is -0.730. The van der Waals surface area contributed by atoms with Crippen molar-refractivity contribution in [2.45, 2.75) is 44.6 Å². The summed E-state index contributed by atoms with van der Waals surface area (Å²) < 4.78 is 0. The van der Waals surface area contributed by atoms with Crippen molar-refractivity contribution >= 4 is 6.03 Å². The average Bonchev–Trinajstić information content (AvgIpc) is 1.94. The minimum absolute atomic E-state index is 0.0385. The van der Waals surface area contributed by atoms with Crippen molar-refractivity contribution in [3.05, 3.63) is 0 Å². The smallest absolute Gasteiger partial charge is 0.315 e. The first kappa shape index (κ1) is 8.85. The molecule has 2 rings (SSSR count). The Morgan fingerprint density at radius 2 is 1.85 bits per heavy atom. The first-order valence-electron chi connectivity index (χ1n) is 5.39. The van der Waals surface area contributed by atoms with Crippen molar-refractivity contribution in [2.24, 2.45) is 5.92 Å². The van der Waals surface area contributed by atoms with E-state index in [4.69, 9.17) is 0 Å². The summed E-state index contributed by atoms with van der Waals surface area (Å²) in [6.45, 7) is 0.874. The van der Waals surface area contributed by atoms with E-state index in [0.717, 1.165) is 25.3 Å². The van der Waals surface area contributed by atoms with E-state index in [9.17, 15) is 4.79 Å². The zero-order valence-electron chi connectivity index (χ0n) is 8.01. The zero-order valence-corrected chi connectivity index (χ0v) is 8.01. The number of carbonyl (C=O) groups excluding carboxylic acids is 1. The molecule has 0 aromatic carbocycles. The van der Waals surface area contributed by atoms with Gasteiger partial charge in [-0.1, -0.05) is 6.42 Å². The molecule has 2 amide bonds. The molecule has 74 valence electrons. The Morgan fingerprint density at radius 3 is 2.31 bits per heavy atom. The van der Waals surface area contributed by atoms with Crippen LogP contribution in [0.15, 0.2) is 0 Å². The third-order valence-corrected chi connectivity index (χ3v) is 3.22. The van der Waals surface area contributed by atoms with Gasteiger partial charge in [0, 0.05) is 12.6 Å². The molecular weight excluding hydrogens is 164 g/mol. The largest absolute Gasteiger partial charge is 0.338 e. The molecule has 0 saturated heterocycles. The van der Waals surface area contributed by atoms with Gasteiger partial charge in [-0.05, 0) is 38.0 Å². The Balaban J connectivity index is 1.54. The Labute approximate surface area is 79.3 Å². The highest BCUT2D eigenvalue weighted by Gasteiger charge is 2.21. The topological polar surface area (TPSA) is 41.1 Å². The fourth-order valence-corrected chi connectivity index (χ4v) is 1.72. The van der Waals surface area contributed by atoms with Crippen LogP contribution < -0.4 is 10.6 Å². The lowest BCUT2D eigenvalue weighted by Gasteiger charge is -2.28. The van der Waals surface area contributed by atoms with E-state index in [0.29, 0.717) is 6.04 Å². The van der Waals surface area contributed by atoms with Crippen molar-refractivity contribution in [2.75, 3.05) is 6.54 Å². The van der Waals surface area contributed by atoms with Crippen molar-refractivity contribution in [1.29, 1.82) is 0 Å². The van der Waals surface area contributed by atoms with Gasteiger partial charge in [-0.15, -0.1) is 0 Å². The molecule has 0 bridgehead atoms. The molecular formula is C10H18N2O. The van der Waals surface area contributed by atoms with Crippen LogP contribution in [0.5, 0.6) is 0 Å². The third kappa shape index (κ3) is 2.36. The number of rotatable bonds is 3. The molecule has 0 aliphatic heterocycles. The summed E-state index contributed by atoms with van der Waals surface area (Å²) in [5, 5.41) is 5.90. The molecule has 13 heavy (non-hydrogen) atoms. The highest BCUT2D eigenvalue weighted by Crippen LogP contribution is 2.25. The summed E-state index contributed by atoms with van der Waals surface area (Å²) >= 11 is 0. The molecule has 2 fully saturated rings. The quantitative estimate of drug-likeness (QED) is 0.684. The maximum absolute atomic E-state index is 11.3. The van der Waals surface area contributed by atoms with Crippen LogP contribution in [0.4, 0.5) is 4.79 Å². The maximum atomic E-state index is 11.3. The summed E-state index contributed by atoms with van der Waals surface area (Å²) in [4.78, 5) is 11.3. The molecule has 2 aliphatic carbocycles. The van der Waals surface area contributed by atoms with Crippen molar-refractivity contribution < 1.29 is 4.79 Å². The molecule has 2 N–H and O–H groups in total. The molecule has 0 atom stereocenters. The molecule has 0 unspecified atom stereocenters. The van der Waals surface area contributed by atoms with Crippen LogP contribution in [0.1, 0.15) is 38.5 Å². The summed E-state index contributed by atoms with van der Waals surface area (Å²) in [5.41, 5.74) is 0. The fourth-order valence-electron chi connectivity index (χ4n) is 1.72. The predicted molar refractivity (Wildman–Crippen MR) is 51.5 cm³/mol. The number of hydrogen-bond donors (Lipinski definition) is 2. The van der Waals surface area contributed by atoms with E-state index < -0.39 is 0 Å². The third-order valence-electron chi connectivity index (χ3n) is 3.22. The van der Waals surface area contributed by atoms with E-state index in [1.54, 1.807) is 0 Å². The van der Waals surface area contributed by atoms with Crippen molar-refractivity contribution in [3.63, 3.8) is 0 Å². The molecule has 3 nitrogen and oxygen atoms in total. The SMILES string of the molecule is O=C(NCC1CCC1)NC1CCC1. The number of amides is 2. The molecule has 0 radical (unpaired) electrons. The lowest BCUT2D eigenvalue weighted by Crippen LogP contribution is -2.46. The zero-order chi connectivity index (χ0) is 9.10. The normalized spacial score (nSPS) is 23.1. The van der Waals surface area contributed by atoms with Gasteiger partial charge in [0.05, 0.1) is 0 Å². The van der Waals surface area contributed by atoms with Gasteiger partial charge in [-0.2, -0.15) is 0 Å². The first-order chi connectivity index (χ1) is 6.34. The fraction of sp³-hybridized carbons (Fsp3) is 0.900. The Bertz CT molecular complexity index is 185. The summed E-state index contributed by atoms with van der Waals surface area (Å²) in [5.74, 6) is 0.757. The second-order valence-corrected chi connectivity index (χ2v) is 4.28. The van der Waals surface area contributed by atoms with E-state index in [2.05, 4.69) is 10.6 Å². The van der Waals surface area contributed by atoms with Crippen LogP contribution in [0, 0.1) is 5.92 Å². The van der Waals surface area contributed by atoms with Gasteiger partial charge >= 0.3 is 6.03 Å². The molecule has 2 aliphatic rings. The van der Waals surface area contributed by atoms with Crippen LogP contribution >= 0.6 is 0 Å². The van der Waals surface area contributed by atoms with Gasteiger partial charge in [0.15, 0.2) is 0 Å². The van der Waals surface area contributed by atoms with Crippen LogP contribution in [-0.4, -0.2) is 18.6 Å². The van der Waals surface area contributed by atoms with Gasteiger partial charge in [0.1, 0.15) is 0 Å². The second kappa shape index (κ2) is 3.99. The molecule has 0 heterocycles. The Morgan fingerprint density at radius 1 is 1.15 bits per heavy atom. The predicted octanol–water partition coefficient (Wildman–Crippen LogP) is 1.64. The highest BCUT2D eigenvalue weighted by molar-refractivity contribution is 5.74. The molecule has 2 saturated carbocycles. The average molecular weight is 182 g/mol. The number of carbonyl (C=O) groups is 1. The van der Waals surface area contributed by atoms with Crippen LogP contribution in [0.25, 0.3) is 0 Å². The first-order valence-corrected chi connectivity index (χ1v) is 5.39. The van der Waals surface area contributed by atoms with Crippen molar-refractivity contribution in [1.82, 2.24) is 10.6 Å². The number of urea groups is 1. The molecule has 0 spiro atoms. The number of hydrogen-bond acceptors (Lipinski definition) is 1. The maximum Gasteiger partial charge on any atom is 0.315 e. The van der Waals surface area contributed by atoms with Crippen LogP contribution in [-0.2, 0) is 0 Å². The number of nitrogens with one attached hydrogen (secondary N) is 2. The summed E-state index contributed by atoms with van der Waals surface area (Å²) in [6.07, 6.45) is 7.53. The van der Waals surface area contributed by atoms with Crippen LogP contribution in [0.2, 0.25) is 0 Å². The second-order valence-electron chi connectivity index (χ2n) is 4.28. The van der Waals surface area contributed by atoms with Gasteiger partial charge in [0.2, 0.25) is 0 Å². The minimum atomic E-state index is 0.0385. The minimum Gasteiger partial charge on any atom is -0.338 e. The molecule has 0 aromatic rings. The van der Waals surface area contributed by atoms with Gasteiger partial charge in [0.25, 0.3) is 0 Å². The van der Waals surface area contributed by atoms with E-state index >= 15 is 0 Å². The van der Waals surface area contributed by atoms with Gasteiger partial charge in [-0.3, -0.25) is 0 Å². The Kier molecular flexibility index (Phi) is 2.71. The monoisotopic (exact) mass is 182 g/mol. The molecule has 0 aromatic heterocycles. The van der Waals surface area contributed by atoms with Crippen LogP contribution in [0.3, 0.4) is 0 Å². The van der Waals surface area contributed by atoms with Gasteiger partial charge < -0.3 is 10.6 Å². The van der Waals surface area contributed by atoms with Crippen molar-refractivity contribution in [3.8, 4) is 0 Å². The van der Waals surface area contributed by atoms with E-state index in [1.165, 1.54) is 25.7 Å². The van der Waals surface area contributed by atoms with E-state index in [1.807, 2.05) is 0 Å². The molecule has 3 heteroatoms. The summed E-state index contributed by atoms with van der Waals surface area (Å²) in [6, 6.07) is 0.498. The lowest BCUT2D eigenvalue weighted by molar-refractivity contribution is 0.221. The standard InChI is InChI=1S/C10H18N2O/c13-10(12-9-5-2-6-9)11-7-8-3-1-4-8/h8-9H,1-7H2,(H2,11,12,13).